The van der Waals surface area contributed by atoms with E-state index < -0.39 is 11.9 Å². The van der Waals surface area contributed by atoms with Gasteiger partial charge in [0.05, 0.1) is 21.3 Å². The summed E-state index contributed by atoms with van der Waals surface area (Å²) in [6.07, 6.45) is 0. The molecule has 1 fully saturated rings. The molecular weight excluding hydrogens is 476 g/mol. The molecule has 0 unspecified atom stereocenters. The van der Waals surface area contributed by atoms with Crippen LogP contribution >= 0.6 is 0 Å². The monoisotopic (exact) mass is 504 g/mol. The van der Waals surface area contributed by atoms with Crippen molar-refractivity contribution in [1.82, 2.24) is 9.80 Å². The Labute approximate surface area is 207 Å². The SMILES string of the molecule is COc1cc(C(=O)N2CCN(Cc3ccc4c(c3)OCO4)CC2)cc(OC)c1OC.O=C(O)C(=O)O. The Bertz CT molecular complexity index is 1080. The van der Waals surface area contributed by atoms with E-state index in [0.717, 1.165) is 31.1 Å². The van der Waals surface area contributed by atoms with Crippen molar-refractivity contribution in [1.29, 1.82) is 0 Å². The van der Waals surface area contributed by atoms with Crippen LogP contribution in [0.2, 0.25) is 0 Å². The number of rotatable bonds is 6. The van der Waals surface area contributed by atoms with Gasteiger partial charge in [-0.25, -0.2) is 9.59 Å². The molecule has 0 spiro atoms. The third-order valence-electron chi connectivity index (χ3n) is 5.60. The van der Waals surface area contributed by atoms with Crippen molar-refractivity contribution in [3.05, 3.63) is 41.5 Å². The summed E-state index contributed by atoms with van der Waals surface area (Å²) in [7, 11) is 4.63. The molecule has 12 nitrogen and oxygen atoms in total. The molecule has 0 aromatic heterocycles. The molecule has 12 heteroatoms. The second-order valence-corrected chi connectivity index (χ2v) is 7.78. The Morgan fingerprint density at radius 1 is 0.833 bits per heavy atom. The zero-order chi connectivity index (χ0) is 26.2. The zero-order valence-corrected chi connectivity index (χ0v) is 20.2. The molecule has 2 aliphatic heterocycles. The molecule has 0 bridgehead atoms. The van der Waals surface area contributed by atoms with Crippen molar-refractivity contribution in [2.45, 2.75) is 6.54 Å². The molecule has 2 heterocycles. The van der Waals surface area contributed by atoms with Crippen molar-refractivity contribution in [2.75, 3.05) is 54.3 Å². The lowest BCUT2D eigenvalue weighted by atomic mass is 10.1. The topological polar surface area (TPSA) is 144 Å². The van der Waals surface area contributed by atoms with E-state index in [-0.39, 0.29) is 12.7 Å². The standard InChI is InChI=1S/C22H26N2O6.C2H2O4/c1-26-19-11-16(12-20(27-2)21(19)28-3)22(25)24-8-6-23(7-9-24)13-15-4-5-17-18(10-15)30-14-29-17;3-1(4)2(5)6/h4-5,10-12H,6-9,13-14H2,1-3H3;(H,3,4)(H,5,6). The summed E-state index contributed by atoms with van der Waals surface area (Å²) < 4.78 is 26.9. The van der Waals surface area contributed by atoms with Gasteiger partial charge < -0.3 is 38.8 Å². The van der Waals surface area contributed by atoms with E-state index in [1.54, 1.807) is 33.5 Å². The molecular formula is C24H28N2O10. The maximum atomic E-state index is 13.1. The van der Waals surface area contributed by atoms with Crippen molar-refractivity contribution >= 4 is 17.8 Å². The van der Waals surface area contributed by atoms with Crippen molar-refractivity contribution < 1.29 is 48.3 Å². The van der Waals surface area contributed by atoms with E-state index in [2.05, 4.69) is 11.0 Å². The lowest BCUT2D eigenvalue weighted by molar-refractivity contribution is -0.159. The Balaban J connectivity index is 0.000000538. The largest absolute Gasteiger partial charge is 0.493 e. The first kappa shape index (κ1) is 26.4. The van der Waals surface area contributed by atoms with Crippen LogP contribution in [-0.4, -0.2) is 92.2 Å². The molecule has 0 saturated carbocycles. The Morgan fingerprint density at radius 3 is 1.94 bits per heavy atom. The minimum atomic E-state index is -1.82. The average Bonchev–Trinajstić information content (AvgIpc) is 3.36. The highest BCUT2D eigenvalue weighted by atomic mass is 16.7. The smallest absolute Gasteiger partial charge is 0.414 e. The van der Waals surface area contributed by atoms with Gasteiger partial charge in [-0.2, -0.15) is 0 Å². The lowest BCUT2D eigenvalue weighted by Gasteiger charge is -2.35. The van der Waals surface area contributed by atoms with E-state index in [0.29, 0.717) is 35.9 Å². The summed E-state index contributed by atoms with van der Waals surface area (Å²) >= 11 is 0. The molecule has 2 aromatic rings. The van der Waals surface area contributed by atoms with Crippen LogP contribution in [0.4, 0.5) is 0 Å². The molecule has 1 amide bonds. The second-order valence-electron chi connectivity index (χ2n) is 7.78. The van der Waals surface area contributed by atoms with E-state index in [9.17, 15) is 4.79 Å². The number of hydrogen-bond acceptors (Lipinski definition) is 9. The fourth-order valence-corrected chi connectivity index (χ4v) is 3.79. The predicted molar refractivity (Wildman–Crippen MR) is 125 cm³/mol. The number of carboxylic acid groups (broad SMARTS) is 2. The number of ether oxygens (including phenoxy) is 5. The summed E-state index contributed by atoms with van der Waals surface area (Å²) in [6.45, 7) is 3.98. The molecule has 0 aliphatic carbocycles. The van der Waals surface area contributed by atoms with Crippen LogP contribution in [0.15, 0.2) is 30.3 Å². The highest BCUT2D eigenvalue weighted by molar-refractivity contribution is 6.27. The van der Waals surface area contributed by atoms with Crippen LogP contribution in [0.5, 0.6) is 28.7 Å². The van der Waals surface area contributed by atoms with Crippen molar-refractivity contribution in [3.8, 4) is 28.7 Å². The zero-order valence-electron chi connectivity index (χ0n) is 20.2. The van der Waals surface area contributed by atoms with Gasteiger partial charge in [0.1, 0.15) is 0 Å². The van der Waals surface area contributed by atoms with Crippen LogP contribution < -0.4 is 23.7 Å². The fourth-order valence-electron chi connectivity index (χ4n) is 3.79. The summed E-state index contributed by atoms with van der Waals surface area (Å²) in [4.78, 5) is 35.4. The van der Waals surface area contributed by atoms with Gasteiger partial charge >= 0.3 is 11.9 Å². The lowest BCUT2D eigenvalue weighted by Crippen LogP contribution is -2.48. The van der Waals surface area contributed by atoms with E-state index >= 15 is 0 Å². The summed E-state index contributed by atoms with van der Waals surface area (Å²) in [5.74, 6) is -0.682. The number of nitrogens with zero attached hydrogens (tertiary/aromatic N) is 2. The number of hydrogen-bond donors (Lipinski definition) is 2. The molecule has 0 radical (unpaired) electrons. The minimum Gasteiger partial charge on any atom is -0.493 e. The van der Waals surface area contributed by atoms with Gasteiger partial charge in [-0.15, -0.1) is 0 Å². The number of benzene rings is 2. The number of carbonyl (C=O) groups is 3. The van der Waals surface area contributed by atoms with E-state index in [1.807, 2.05) is 17.0 Å². The Hall–Kier alpha value is -4.19. The maximum Gasteiger partial charge on any atom is 0.414 e. The van der Waals surface area contributed by atoms with Gasteiger partial charge in [0, 0.05) is 38.3 Å². The van der Waals surface area contributed by atoms with Crippen LogP contribution in [0, 0.1) is 0 Å². The van der Waals surface area contributed by atoms with Crippen LogP contribution in [0.3, 0.4) is 0 Å². The number of amides is 1. The maximum absolute atomic E-state index is 13.1. The molecule has 4 rings (SSSR count). The number of aliphatic carboxylic acids is 2. The van der Waals surface area contributed by atoms with Gasteiger partial charge in [0.15, 0.2) is 23.0 Å². The predicted octanol–water partition coefficient (Wildman–Crippen LogP) is 1.55. The van der Waals surface area contributed by atoms with Crippen LogP contribution in [0.1, 0.15) is 15.9 Å². The average molecular weight is 504 g/mol. The summed E-state index contributed by atoms with van der Waals surface area (Å²) in [6, 6.07) is 9.42. The van der Waals surface area contributed by atoms with Gasteiger partial charge in [-0.1, -0.05) is 6.07 Å². The first-order valence-corrected chi connectivity index (χ1v) is 10.9. The third kappa shape index (κ3) is 6.27. The highest BCUT2D eigenvalue weighted by Gasteiger charge is 2.25. The van der Waals surface area contributed by atoms with Gasteiger partial charge in [-0.05, 0) is 29.8 Å². The number of fused-ring (bicyclic) bond motifs is 1. The van der Waals surface area contributed by atoms with E-state index in [1.165, 1.54) is 5.56 Å². The molecule has 2 aromatic carbocycles. The van der Waals surface area contributed by atoms with Crippen LogP contribution in [-0.2, 0) is 16.1 Å². The molecule has 2 aliphatic rings. The first-order valence-electron chi connectivity index (χ1n) is 10.9. The second kappa shape index (κ2) is 12.0. The molecule has 36 heavy (non-hydrogen) atoms. The number of methoxy groups -OCH3 is 3. The Morgan fingerprint density at radius 2 is 1.42 bits per heavy atom. The number of carbonyl (C=O) groups excluding carboxylic acids is 1. The first-order chi connectivity index (χ1) is 17.3. The summed E-state index contributed by atoms with van der Waals surface area (Å²) in [5.41, 5.74) is 1.69. The van der Waals surface area contributed by atoms with Crippen molar-refractivity contribution in [2.24, 2.45) is 0 Å². The normalized spacial score (nSPS) is 14.4. The van der Waals surface area contributed by atoms with Crippen molar-refractivity contribution in [3.63, 3.8) is 0 Å². The third-order valence-corrected chi connectivity index (χ3v) is 5.60. The Kier molecular flexibility index (Phi) is 8.79. The quantitative estimate of drug-likeness (QED) is 0.553. The summed E-state index contributed by atoms with van der Waals surface area (Å²) in [5, 5.41) is 14.8. The molecule has 1 saturated heterocycles. The van der Waals surface area contributed by atoms with E-state index in [4.69, 9.17) is 43.5 Å². The molecule has 194 valence electrons. The number of carboxylic acids is 2. The molecule has 0 atom stereocenters. The van der Waals surface area contributed by atoms with Gasteiger partial charge in [-0.3, -0.25) is 9.69 Å². The van der Waals surface area contributed by atoms with Crippen LogP contribution in [0.25, 0.3) is 0 Å². The fraction of sp³-hybridized carbons (Fsp3) is 0.375. The van der Waals surface area contributed by atoms with Gasteiger partial charge in [0.2, 0.25) is 12.5 Å². The minimum absolute atomic E-state index is 0.0445. The van der Waals surface area contributed by atoms with Gasteiger partial charge in [0.25, 0.3) is 5.91 Å². The number of piperazine rings is 1. The highest BCUT2D eigenvalue weighted by Crippen LogP contribution is 2.38. The molecule has 2 N–H and O–H groups in total.